The van der Waals surface area contributed by atoms with Gasteiger partial charge in [-0.15, -0.1) is 0 Å². The van der Waals surface area contributed by atoms with Crippen LogP contribution in [0.5, 0.6) is 0 Å². The maximum atomic E-state index is 11.9. The molecule has 0 spiro atoms. The summed E-state index contributed by atoms with van der Waals surface area (Å²) in [5.74, 6) is -0.147. The predicted octanol–water partition coefficient (Wildman–Crippen LogP) is 0.878. The molecule has 1 aromatic heterocycles. The fraction of sp³-hybridized carbons (Fsp3) is 0.538. The standard InChI is InChI=1S/C13H20N4O/c1-10(17-6-2-3-7-17)8-16-13(18)11-9-15-5-4-12(11)14/h4-5,9-10H,2-3,6-8H2,1H3,(H2,14,15)(H,16,18). The number of hydrogen-bond donors (Lipinski definition) is 2. The molecular weight excluding hydrogens is 228 g/mol. The summed E-state index contributed by atoms with van der Waals surface area (Å²) in [5.41, 5.74) is 6.66. The van der Waals surface area contributed by atoms with E-state index in [0.717, 1.165) is 13.1 Å². The van der Waals surface area contributed by atoms with Gasteiger partial charge in [0.05, 0.1) is 5.56 Å². The minimum absolute atomic E-state index is 0.147. The smallest absolute Gasteiger partial charge is 0.255 e. The molecule has 1 aliphatic rings. The van der Waals surface area contributed by atoms with Gasteiger partial charge in [0.2, 0.25) is 0 Å². The van der Waals surface area contributed by atoms with Crippen LogP contribution in [0.4, 0.5) is 5.69 Å². The molecule has 0 aliphatic carbocycles. The van der Waals surface area contributed by atoms with E-state index in [1.165, 1.54) is 19.0 Å². The lowest BCUT2D eigenvalue weighted by Gasteiger charge is -2.23. The van der Waals surface area contributed by atoms with Crippen molar-refractivity contribution >= 4 is 11.6 Å². The first-order valence-corrected chi connectivity index (χ1v) is 6.40. The van der Waals surface area contributed by atoms with Crippen LogP contribution in [0.2, 0.25) is 0 Å². The molecule has 1 aromatic rings. The summed E-state index contributed by atoms with van der Waals surface area (Å²) >= 11 is 0. The van der Waals surface area contributed by atoms with Crippen molar-refractivity contribution in [1.82, 2.24) is 15.2 Å². The highest BCUT2D eigenvalue weighted by Crippen LogP contribution is 2.11. The van der Waals surface area contributed by atoms with Gasteiger partial charge >= 0.3 is 0 Å². The van der Waals surface area contributed by atoms with Gasteiger partial charge < -0.3 is 11.1 Å². The largest absolute Gasteiger partial charge is 0.398 e. The number of carbonyl (C=O) groups is 1. The summed E-state index contributed by atoms with van der Waals surface area (Å²) in [5, 5.41) is 2.92. The number of likely N-dealkylation sites (tertiary alicyclic amines) is 1. The number of aromatic nitrogens is 1. The Morgan fingerprint density at radius 1 is 1.56 bits per heavy atom. The predicted molar refractivity (Wildman–Crippen MR) is 71.3 cm³/mol. The van der Waals surface area contributed by atoms with Gasteiger partial charge in [-0.25, -0.2) is 0 Å². The van der Waals surface area contributed by atoms with Crippen molar-refractivity contribution in [2.75, 3.05) is 25.4 Å². The van der Waals surface area contributed by atoms with E-state index in [9.17, 15) is 4.79 Å². The van der Waals surface area contributed by atoms with Crippen LogP contribution in [0.15, 0.2) is 18.5 Å². The fourth-order valence-electron chi connectivity index (χ4n) is 2.24. The Morgan fingerprint density at radius 3 is 2.94 bits per heavy atom. The van der Waals surface area contributed by atoms with Crippen LogP contribution in [-0.2, 0) is 0 Å². The zero-order valence-electron chi connectivity index (χ0n) is 10.7. The molecule has 2 rings (SSSR count). The molecule has 2 heterocycles. The number of amides is 1. The van der Waals surface area contributed by atoms with E-state index >= 15 is 0 Å². The molecule has 1 aliphatic heterocycles. The van der Waals surface area contributed by atoms with Crippen molar-refractivity contribution in [3.05, 3.63) is 24.0 Å². The van der Waals surface area contributed by atoms with Gasteiger partial charge in [-0.05, 0) is 38.9 Å². The Kier molecular flexibility index (Phi) is 4.15. The third-order valence-electron chi connectivity index (χ3n) is 3.42. The van der Waals surface area contributed by atoms with E-state index in [0.29, 0.717) is 23.8 Å². The number of anilines is 1. The molecule has 1 amide bonds. The first-order valence-electron chi connectivity index (χ1n) is 6.40. The lowest BCUT2D eigenvalue weighted by atomic mass is 10.2. The second kappa shape index (κ2) is 5.82. The molecule has 3 N–H and O–H groups in total. The van der Waals surface area contributed by atoms with Crippen molar-refractivity contribution in [3.63, 3.8) is 0 Å². The molecule has 0 aromatic carbocycles. The summed E-state index contributed by atoms with van der Waals surface area (Å²) in [6.45, 7) is 5.05. The summed E-state index contributed by atoms with van der Waals surface area (Å²) in [4.78, 5) is 18.3. The molecule has 0 radical (unpaired) electrons. The van der Waals surface area contributed by atoms with Gasteiger partial charge in [0.25, 0.3) is 5.91 Å². The van der Waals surface area contributed by atoms with Crippen molar-refractivity contribution in [2.45, 2.75) is 25.8 Å². The monoisotopic (exact) mass is 248 g/mol. The quantitative estimate of drug-likeness (QED) is 0.829. The number of nitrogens with zero attached hydrogens (tertiary/aromatic N) is 2. The second-order valence-electron chi connectivity index (χ2n) is 4.77. The van der Waals surface area contributed by atoms with Gasteiger partial charge in [0.15, 0.2) is 0 Å². The summed E-state index contributed by atoms with van der Waals surface area (Å²) in [6, 6.07) is 2.01. The van der Waals surface area contributed by atoms with Crippen LogP contribution in [0.25, 0.3) is 0 Å². The zero-order valence-corrected chi connectivity index (χ0v) is 10.7. The fourth-order valence-corrected chi connectivity index (χ4v) is 2.24. The lowest BCUT2D eigenvalue weighted by molar-refractivity contribution is 0.0941. The lowest BCUT2D eigenvalue weighted by Crippen LogP contribution is -2.40. The van der Waals surface area contributed by atoms with Crippen molar-refractivity contribution in [2.24, 2.45) is 0 Å². The maximum absolute atomic E-state index is 11.9. The summed E-state index contributed by atoms with van der Waals surface area (Å²) < 4.78 is 0. The minimum Gasteiger partial charge on any atom is -0.398 e. The van der Waals surface area contributed by atoms with E-state index in [1.54, 1.807) is 12.3 Å². The minimum atomic E-state index is -0.147. The van der Waals surface area contributed by atoms with E-state index in [1.807, 2.05) is 0 Å². The normalized spacial score (nSPS) is 17.6. The Labute approximate surface area is 107 Å². The van der Waals surface area contributed by atoms with E-state index in [2.05, 4.69) is 22.1 Å². The molecule has 5 nitrogen and oxygen atoms in total. The van der Waals surface area contributed by atoms with Crippen LogP contribution in [-0.4, -0.2) is 41.5 Å². The Hall–Kier alpha value is -1.62. The average molecular weight is 248 g/mol. The number of nitrogen functional groups attached to an aromatic ring is 1. The molecule has 1 saturated heterocycles. The van der Waals surface area contributed by atoms with Crippen molar-refractivity contribution in [3.8, 4) is 0 Å². The number of carbonyl (C=O) groups excluding carboxylic acids is 1. The Morgan fingerprint density at radius 2 is 2.28 bits per heavy atom. The maximum Gasteiger partial charge on any atom is 0.255 e. The third-order valence-corrected chi connectivity index (χ3v) is 3.42. The van der Waals surface area contributed by atoms with Crippen LogP contribution in [0, 0.1) is 0 Å². The molecule has 18 heavy (non-hydrogen) atoms. The second-order valence-corrected chi connectivity index (χ2v) is 4.77. The van der Waals surface area contributed by atoms with Crippen molar-refractivity contribution in [1.29, 1.82) is 0 Å². The van der Waals surface area contributed by atoms with E-state index < -0.39 is 0 Å². The van der Waals surface area contributed by atoms with Gasteiger partial charge in [-0.3, -0.25) is 14.7 Å². The van der Waals surface area contributed by atoms with Crippen LogP contribution in [0.1, 0.15) is 30.1 Å². The first-order chi connectivity index (χ1) is 8.68. The molecule has 1 atom stereocenters. The van der Waals surface area contributed by atoms with Crippen LogP contribution in [0.3, 0.4) is 0 Å². The zero-order chi connectivity index (χ0) is 13.0. The molecule has 1 unspecified atom stereocenters. The molecular formula is C13H20N4O. The van der Waals surface area contributed by atoms with Crippen LogP contribution < -0.4 is 11.1 Å². The highest BCUT2D eigenvalue weighted by molar-refractivity contribution is 5.98. The molecule has 1 fully saturated rings. The number of hydrogen-bond acceptors (Lipinski definition) is 4. The topological polar surface area (TPSA) is 71.2 Å². The van der Waals surface area contributed by atoms with Gasteiger partial charge in [0.1, 0.15) is 0 Å². The Balaban J connectivity index is 1.86. The molecule has 5 heteroatoms. The molecule has 98 valence electrons. The van der Waals surface area contributed by atoms with Gasteiger partial charge in [-0.1, -0.05) is 0 Å². The number of nitrogens with two attached hydrogens (primary N) is 1. The van der Waals surface area contributed by atoms with E-state index in [-0.39, 0.29) is 5.91 Å². The highest BCUT2D eigenvalue weighted by Gasteiger charge is 2.19. The third kappa shape index (κ3) is 2.98. The Bertz CT molecular complexity index is 415. The van der Waals surface area contributed by atoms with E-state index in [4.69, 9.17) is 5.73 Å². The first kappa shape index (κ1) is 12.8. The summed E-state index contributed by atoms with van der Waals surface area (Å²) in [7, 11) is 0. The number of rotatable bonds is 4. The van der Waals surface area contributed by atoms with Crippen LogP contribution >= 0.6 is 0 Å². The molecule has 0 bridgehead atoms. The van der Waals surface area contributed by atoms with Gasteiger partial charge in [0, 0.05) is 30.7 Å². The SMILES string of the molecule is CC(CNC(=O)c1cnccc1N)N1CCCC1. The highest BCUT2D eigenvalue weighted by atomic mass is 16.1. The average Bonchev–Trinajstić information content (AvgIpc) is 2.90. The molecule has 0 saturated carbocycles. The van der Waals surface area contributed by atoms with Crippen molar-refractivity contribution < 1.29 is 4.79 Å². The number of pyridine rings is 1. The number of nitrogens with one attached hydrogen (secondary N) is 1. The van der Waals surface area contributed by atoms with Gasteiger partial charge in [-0.2, -0.15) is 0 Å². The summed E-state index contributed by atoms with van der Waals surface area (Å²) in [6.07, 6.45) is 5.60.